The van der Waals surface area contributed by atoms with Gasteiger partial charge in [-0.25, -0.2) is 4.98 Å². The van der Waals surface area contributed by atoms with Crippen molar-refractivity contribution in [1.82, 2.24) is 9.55 Å². The summed E-state index contributed by atoms with van der Waals surface area (Å²) in [4.78, 5) is 15.6. The van der Waals surface area contributed by atoms with Crippen LogP contribution in [0.2, 0.25) is 0 Å². The van der Waals surface area contributed by atoms with Gasteiger partial charge < -0.3 is 9.67 Å². The molecule has 0 aromatic carbocycles. The average molecular weight is 222 g/mol. The first-order valence-corrected chi connectivity index (χ1v) is 5.91. The standard InChI is InChI=1S/C12H18N2O2/c1-3-4-10-11-7-9(12(15)16)5-6-14(11)8(2)13-10/h9H,3-7H2,1-2H3,(H,15,16). The van der Waals surface area contributed by atoms with Crippen LogP contribution in [-0.2, 0) is 24.2 Å². The minimum Gasteiger partial charge on any atom is -0.481 e. The average Bonchev–Trinajstić information content (AvgIpc) is 2.56. The van der Waals surface area contributed by atoms with Crippen molar-refractivity contribution in [2.24, 2.45) is 5.92 Å². The minimum atomic E-state index is -0.674. The molecule has 4 heteroatoms. The third-order valence-corrected chi connectivity index (χ3v) is 3.32. The van der Waals surface area contributed by atoms with Crippen LogP contribution >= 0.6 is 0 Å². The first-order chi connectivity index (χ1) is 7.63. The van der Waals surface area contributed by atoms with Crippen molar-refractivity contribution >= 4 is 5.97 Å². The van der Waals surface area contributed by atoms with E-state index in [1.54, 1.807) is 0 Å². The Morgan fingerprint density at radius 1 is 1.62 bits per heavy atom. The van der Waals surface area contributed by atoms with Gasteiger partial charge in [-0.1, -0.05) is 13.3 Å². The number of nitrogens with zero attached hydrogens (tertiary/aromatic N) is 2. The van der Waals surface area contributed by atoms with Gasteiger partial charge in [-0.2, -0.15) is 0 Å². The summed E-state index contributed by atoms with van der Waals surface area (Å²) >= 11 is 0. The van der Waals surface area contributed by atoms with Gasteiger partial charge in [0.1, 0.15) is 5.82 Å². The minimum absolute atomic E-state index is 0.223. The molecule has 1 aromatic rings. The van der Waals surface area contributed by atoms with Crippen LogP contribution in [0, 0.1) is 12.8 Å². The van der Waals surface area contributed by atoms with Crippen LogP contribution < -0.4 is 0 Å². The number of carboxylic acids is 1. The van der Waals surface area contributed by atoms with Crippen molar-refractivity contribution in [3.05, 3.63) is 17.2 Å². The van der Waals surface area contributed by atoms with E-state index < -0.39 is 5.97 Å². The SMILES string of the molecule is CCCc1nc(C)n2c1CC(C(=O)O)CC2. The maximum Gasteiger partial charge on any atom is 0.306 e. The molecule has 2 heterocycles. The Bertz CT molecular complexity index is 409. The van der Waals surface area contributed by atoms with Crippen LogP contribution in [-0.4, -0.2) is 20.6 Å². The van der Waals surface area contributed by atoms with Gasteiger partial charge in [0.2, 0.25) is 0 Å². The van der Waals surface area contributed by atoms with Gasteiger partial charge in [-0.3, -0.25) is 4.79 Å². The lowest BCUT2D eigenvalue weighted by molar-refractivity contribution is -0.142. The van der Waals surface area contributed by atoms with E-state index in [-0.39, 0.29) is 5.92 Å². The summed E-state index contributed by atoms with van der Waals surface area (Å²) in [6.07, 6.45) is 3.38. The molecule has 0 saturated heterocycles. The first kappa shape index (κ1) is 11.2. The lowest BCUT2D eigenvalue weighted by Gasteiger charge is -2.22. The lowest BCUT2D eigenvalue weighted by atomic mass is 9.94. The van der Waals surface area contributed by atoms with Gasteiger partial charge in [0.15, 0.2) is 0 Å². The van der Waals surface area contributed by atoms with E-state index in [0.717, 1.165) is 43.0 Å². The summed E-state index contributed by atoms with van der Waals surface area (Å²) in [5, 5.41) is 9.06. The Balaban J connectivity index is 2.31. The van der Waals surface area contributed by atoms with E-state index in [1.165, 1.54) is 0 Å². The fraction of sp³-hybridized carbons (Fsp3) is 0.667. The molecule has 0 bridgehead atoms. The predicted octanol–water partition coefficient (Wildman–Crippen LogP) is 1.79. The zero-order chi connectivity index (χ0) is 11.7. The van der Waals surface area contributed by atoms with Crippen molar-refractivity contribution < 1.29 is 9.90 Å². The molecule has 1 N–H and O–H groups in total. The fourth-order valence-electron chi connectivity index (χ4n) is 2.46. The molecule has 0 amide bonds. The van der Waals surface area contributed by atoms with E-state index in [0.29, 0.717) is 6.42 Å². The summed E-state index contributed by atoms with van der Waals surface area (Å²) in [6, 6.07) is 0. The summed E-state index contributed by atoms with van der Waals surface area (Å²) in [5.74, 6) is 0.133. The number of rotatable bonds is 3. The Morgan fingerprint density at radius 3 is 3.00 bits per heavy atom. The molecule has 0 radical (unpaired) electrons. The van der Waals surface area contributed by atoms with Crippen LogP contribution in [0.25, 0.3) is 0 Å². The van der Waals surface area contributed by atoms with Gasteiger partial charge in [0, 0.05) is 18.7 Å². The number of carbonyl (C=O) groups is 1. The quantitative estimate of drug-likeness (QED) is 0.848. The van der Waals surface area contributed by atoms with Gasteiger partial charge in [0.25, 0.3) is 0 Å². The molecular weight excluding hydrogens is 204 g/mol. The molecule has 1 aliphatic heterocycles. The second-order valence-electron chi connectivity index (χ2n) is 4.48. The highest BCUT2D eigenvalue weighted by Gasteiger charge is 2.27. The van der Waals surface area contributed by atoms with E-state index in [9.17, 15) is 4.79 Å². The Kier molecular flexibility index (Phi) is 2.99. The highest BCUT2D eigenvalue weighted by atomic mass is 16.4. The predicted molar refractivity (Wildman–Crippen MR) is 60.4 cm³/mol. The van der Waals surface area contributed by atoms with E-state index in [1.807, 2.05) is 6.92 Å². The van der Waals surface area contributed by atoms with Gasteiger partial charge in [-0.15, -0.1) is 0 Å². The number of imidazole rings is 1. The highest BCUT2D eigenvalue weighted by Crippen LogP contribution is 2.25. The van der Waals surface area contributed by atoms with Gasteiger partial charge in [0.05, 0.1) is 11.6 Å². The second kappa shape index (κ2) is 4.28. The molecule has 88 valence electrons. The van der Waals surface area contributed by atoms with Crippen LogP contribution in [0.15, 0.2) is 0 Å². The third-order valence-electron chi connectivity index (χ3n) is 3.32. The molecule has 0 saturated carbocycles. The van der Waals surface area contributed by atoms with E-state index in [4.69, 9.17) is 5.11 Å². The molecule has 1 unspecified atom stereocenters. The summed E-state index contributed by atoms with van der Waals surface area (Å²) in [5.41, 5.74) is 2.25. The number of hydrogen-bond acceptors (Lipinski definition) is 2. The Labute approximate surface area is 95.3 Å². The molecule has 0 aliphatic carbocycles. The normalized spacial score (nSPS) is 19.5. The Morgan fingerprint density at radius 2 is 2.38 bits per heavy atom. The molecule has 2 rings (SSSR count). The molecule has 1 aromatic heterocycles. The third kappa shape index (κ3) is 1.84. The van der Waals surface area contributed by atoms with Crippen LogP contribution in [0.1, 0.15) is 37.0 Å². The topological polar surface area (TPSA) is 55.1 Å². The molecule has 16 heavy (non-hydrogen) atoms. The molecule has 1 aliphatic rings. The van der Waals surface area contributed by atoms with Crippen molar-refractivity contribution in [3.63, 3.8) is 0 Å². The number of aliphatic carboxylic acids is 1. The van der Waals surface area contributed by atoms with E-state index in [2.05, 4.69) is 16.5 Å². The first-order valence-electron chi connectivity index (χ1n) is 5.91. The maximum atomic E-state index is 11.0. The number of hydrogen-bond donors (Lipinski definition) is 1. The van der Waals surface area contributed by atoms with Crippen LogP contribution in [0.5, 0.6) is 0 Å². The van der Waals surface area contributed by atoms with E-state index >= 15 is 0 Å². The summed E-state index contributed by atoms with van der Waals surface area (Å²) in [7, 11) is 0. The largest absolute Gasteiger partial charge is 0.481 e. The molecular formula is C12H18N2O2. The zero-order valence-electron chi connectivity index (χ0n) is 9.86. The van der Waals surface area contributed by atoms with Gasteiger partial charge >= 0.3 is 5.97 Å². The molecule has 0 spiro atoms. The zero-order valence-corrected chi connectivity index (χ0v) is 9.86. The van der Waals surface area contributed by atoms with Crippen LogP contribution in [0.3, 0.4) is 0 Å². The molecule has 1 atom stereocenters. The highest BCUT2D eigenvalue weighted by molar-refractivity contribution is 5.70. The monoisotopic (exact) mass is 222 g/mol. The van der Waals surface area contributed by atoms with Crippen molar-refractivity contribution in [3.8, 4) is 0 Å². The maximum absolute atomic E-state index is 11.0. The number of aryl methyl sites for hydroxylation is 2. The van der Waals surface area contributed by atoms with Gasteiger partial charge in [-0.05, 0) is 19.8 Å². The Hall–Kier alpha value is -1.32. The molecule has 4 nitrogen and oxygen atoms in total. The smallest absolute Gasteiger partial charge is 0.306 e. The number of aromatic nitrogens is 2. The van der Waals surface area contributed by atoms with Crippen LogP contribution in [0.4, 0.5) is 0 Å². The molecule has 0 fully saturated rings. The van der Waals surface area contributed by atoms with Crippen molar-refractivity contribution in [1.29, 1.82) is 0 Å². The number of fused-ring (bicyclic) bond motifs is 1. The number of carboxylic acid groups (broad SMARTS) is 1. The summed E-state index contributed by atoms with van der Waals surface area (Å²) < 4.78 is 2.18. The fourth-order valence-corrected chi connectivity index (χ4v) is 2.46. The lowest BCUT2D eigenvalue weighted by Crippen LogP contribution is -2.26. The second-order valence-corrected chi connectivity index (χ2v) is 4.48. The summed E-state index contributed by atoms with van der Waals surface area (Å²) in [6.45, 7) is 4.93. The van der Waals surface area contributed by atoms with Crippen molar-refractivity contribution in [2.75, 3.05) is 0 Å². The van der Waals surface area contributed by atoms with Crippen molar-refractivity contribution in [2.45, 2.75) is 46.1 Å².